The molecule has 3 N–H and O–H groups in total. The van der Waals surface area contributed by atoms with Crippen molar-refractivity contribution in [3.05, 3.63) is 60.7 Å². The van der Waals surface area contributed by atoms with Gasteiger partial charge in [0.1, 0.15) is 11.1 Å². The second kappa shape index (κ2) is 6.29. The van der Waals surface area contributed by atoms with Crippen LogP contribution in [-0.2, 0) is 0 Å². The molecule has 2 rings (SSSR count). The van der Waals surface area contributed by atoms with Gasteiger partial charge in [0, 0.05) is 0 Å². The van der Waals surface area contributed by atoms with Crippen LogP contribution in [0.3, 0.4) is 0 Å². The van der Waals surface area contributed by atoms with Gasteiger partial charge in [0.25, 0.3) is 0 Å². The summed E-state index contributed by atoms with van der Waals surface area (Å²) in [4.78, 5) is 0. The molecule has 0 bridgehead atoms. The second-order valence-corrected chi connectivity index (χ2v) is 4.96. The third-order valence-electron chi connectivity index (χ3n) is 2.71. The first-order chi connectivity index (χ1) is 9.18. The molecule has 4 heteroatoms. The smallest absolute Gasteiger partial charge is 0.290 e. The molecular weight excluding hydrogens is 254 g/mol. The molecule has 0 heterocycles. The van der Waals surface area contributed by atoms with Crippen LogP contribution in [-0.4, -0.2) is 15.9 Å². The average molecular weight is 272 g/mol. The minimum Gasteiger partial charge on any atom is -0.290 e. The first-order valence-corrected chi connectivity index (χ1v) is 6.67. The van der Waals surface area contributed by atoms with Crippen LogP contribution in [0.1, 0.15) is 6.92 Å². The number of benzene rings is 2. The summed E-state index contributed by atoms with van der Waals surface area (Å²) >= 11 is 4.50. The quantitative estimate of drug-likeness (QED) is 0.264. The van der Waals surface area contributed by atoms with Gasteiger partial charge in [-0.15, -0.1) is 12.6 Å². The zero-order valence-corrected chi connectivity index (χ0v) is 11.7. The minimum absolute atomic E-state index is 0.0291. The maximum atomic E-state index is 6.17. The third-order valence-corrected chi connectivity index (χ3v) is 2.94. The molecule has 0 amide bonds. The molecule has 0 aromatic heterocycles. The number of nitrogens with two attached hydrogens (primary N) is 1. The third kappa shape index (κ3) is 3.51. The molecule has 0 aliphatic carbocycles. The van der Waals surface area contributed by atoms with Gasteiger partial charge in [-0.3, -0.25) is 5.73 Å². The Kier molecular flexibility index (Phi) is 4.47. The number of hydrogen-bond acceptors (Lipinski definition) is 1. The highest BCUT2D eigenvalue weighted by Crippen LogP contribution is 2.16. The van der Waals surface area contributed by atoms with Crippen molar-refractivity contribution in [2.24, 2.45) is 5.73 Å². The Morgan fingerprint density at radius 3 is 2.11 bits per heavy atom. The van der Waals surface area contributed by atoms with Gasteiger partial charge in [-0.05, 0) is 31.2 Å². The number of rotatable bonds is 3. The van der Waals surface area contributed by atoms with Gasteiger partial charge < -0.3 is 0 Å². The molecule has 1 atom stereocenters. The fraction of sp³-hybridized carbons (Fsp3) is 0.133. The summed E-state index contributed by atoms with van der Waals surface area (Å²) < 4.78 is 1.94. The molecular formula is C15H18N3S+. The Bertz CT molecular complexity index is 550. The predicted octanol–water partition coefficient (Wildman–Crippen LogP) is 3.03. The molecule has 0 saturated heterocycles. The van der Waals surface area contributed by atoms with Crippen molar-refractivity contribution in [2.45, 2.75) is 12.3 Å². The predicted molar refractivity (Wildman–Crippen MR) is 84.1 cm³/mol. The van der Waals surface area contributed by atoms with E-state index in [0.29, 0.717) is 5.96 Å². The lowest BCUT2D eigenvalue weighted by Gasteiger charge is -2.14. The van der Waals surface area contributed by atoms with E-state index in [1.54, 1.807) is 0 Å². The van der Waals surface area contributed by atoms with Crippen molar-refractivity contribution in [2.75, 3.05) is 5.32 Å². The Morgan fingerprint density at radius 1 is 1.05 bits per heavy atom. The molecule has 2 aromatic carbocycles. The summed E-state index contributed by atoms with van der Waals surface area (Å²) in [5.41, 5.74) is 8.12. The first kappa shape index (κ1) is 13.5. The maximum absolute atomic E-state index is 6.17. The number of para-hydroxylation sites is 2. The zero-order valence-electron chi connectivity index (χ0n) is 10.8. The Hall–Kier alpha value is -1.94. The summed E-state index contributed by atoms with van der Waals surface area (Å²) in [6, 6.07) is 19.8. The molecule has 19 heavy (non-hydrogen) atoms. The molecule has 1 unspecified atom stereocenters. The van der Waals surface area contributed by atoms with Gasteiger partial charge in [0.05, 0.1) is 5.69 Å². The van der Waals surface area contributed by atoms with Gasteiger partial charge in [-0.25, -0.2) is 9.89 Å². The van der Waals surface area contributed by atoms with Gasteiger partial charge in [-0.2, -0.15) is 0 Å². The Labute approximate surface area is 119 Å². The molecule has 0 fully saturated rings. The lowest BCUT2D eigenvalue weighted by molar-refractivity contribution is -0.452. The maximum Gasteiger partial charge on any atom is 0.354 e. The molecule has 2 aromatic rings. The summed E-state index contributed by atoms with van der Waals surface area (Å²) in [6.45, 7) is 1.98. The van der Waals surface area contributed by atoms with Crippen molar-refractivity contribution in [1.29, 1.82) is 0 Å². The minimum atomic E-state index is -0.0291. The molecule has 0 spiro atoms. The fourth-order valence-electron chi connectivity index (χ4n) is 1.87. The summed E-state index contributed by atoms with van der Waals surface area (Å²) in [5, 5.41) is 3.16. The SMILES string of the molecule is CC(S)/[N+](=C(\N)Nc1ccccc1)c1ccccc1. The normalized spacial score (nSPS) is 13.6. The van der Waals surface area contributed by atoms with E-state index in [4.69, 9.17) is 5.73 Å². The van der Waals surface area contributed by atoms with Crippen molar-refractivity contribution in [3.63, 3.8) is 0 Å². The summed E-state index contributed by atoms with van der Waals surface area (Å²) in [6.07, 6.45) is 0. The van der Waals surface area contributed by atoms with E-state index < -0.39 is 0 Å². The lowest BCUT2D eigenvalue weighted by Crippen LogP contribution is -2.35. The Balaban J connectivity index is 2.34. The Morgan fingerprint density at radius 2 is 1.58 bits per heavy atom. The topological polar surface area (TPSA) is 41.1 Å². The monoisotopic (exact) mass is 272 g/mol. The zero-order chi connectivity index (χ0) is 13.7. The van der Waals surface area contributed by atoms with E-state index in [-0.39, 0.29) is 5.37 Å². The average Bonchev–Trinajstić information content (AvgIpc) is 2.40. The number of thiol groups is 1. The second-order valence-electron chi connectivity index (χ2n) is 4.21. The number of nitrogens with one attached hydrogen (secondary N) is 1. The van der Waals surface area contributed by atoms with Crippen LogP contribution >= 0.6 is 12.6 Å². The van der Waals surface area contributed by atoms with Crippen LogP contribution in [0, 0.1) is 0 Å². The van der Waals surface area contributed by atoms with Crippen molar-refractivity contribution < 1.29 is 4.58 Å². The fourth-order valence-corrected chi connectivity index (χ4v) is 2.13. The molecule has 3 nitrogen and oxygen atoms in total. The van der Waals surface area contributed by atoms with Crippen LogP contribution in [0.5, 0.6) is 0 Å². The van der Waals surface area contributed by atoms with E-state index in [1.807, 2.05) is 72.2 Å². The van der Waals surface area contributed by atoms with Gasteiger partial charge in [-0.1, -0.05) is 36.4 Å². The van der Waals surface area contributed by atoms with Crippen molar-refractivity contribution >= 4 is 30.0 Å². The van der Waals surface area contributed by atoms with Gasteiger partial charge in [0.15, 0.2) is 0 Å². The van der Waals surface area contributed by atoms with Gasteiger partial charge in [0.2, 0.25) is 0 Å². The molecule has 98 valence electrons. The van der Waals surface area contributed by atoms with E-state index >= 15 is 0 Å². The molecule has 0 saturated carbocycles. The van der Waals surface area contributed by atoms with E-state index in [2.05, 4.69) is 17.9 Å². The van der Waals surface area contributed by atoms with Crippen molar-refractivity contribution in [1.82, 2.24) is 0 Å². The van der Waals surface area contributed by atoms with Crippen molar-refractivity contribution in [3.8, 4) is 0 Å². The summed E-state index contributed by atoms with van der Waals surface area (Å²) in [5.74, 6) is 0.555. The van der Waals surface area contributed by atoms with Crippen LogP contribution in [0.4, 0.5) is 11.4 Å². The standard InChI is InChI=1S/C15H17N3S/c1-12(19)18(14-10-6-3-7-11-14)15(16)17-13-8-4-2-5-9-13/h2-12H,1H3,(H3,16,17,19)/p+1. The van der Waals surface area contributed by atoms with Crippen LogP contribution < -0.4 is 11.1 Å². The van der Waals surface area contributed by atoms with Gasteiger partial charge >= 0.3 is 5.96 Å². The summed E-state index contributed by atoms with van der Waals surface area (Å²) in [7, 11) is 0. The molecule has 0 aliphatic heterocycles. The lowest BCUT2D eigenvalue weighted by atomic mass is 10.3. The number of nitrogens with zero attached hydrogens (tertiary/aromatic N) is 1. The van der Waals surface area contributed by atoms with Crippen LogP contribution in [0.2, 0.25) is 0 Å². The number of guanidine groups is 1. The highest BCUT2D eigenvalue weighted by Gasteiger charge is 2.15. The first-order valence-electron chi connectivity index (χ1n) is 6.15. The van der Waals surface area contributed by atoms with E-state index in [1.165, 1.54) is 0 Å². The van der Waals surface area contributed by atoms with Crippen LogP contribution in [0.25, 0.3) is 0 Å². The highest BCUT2D eigenvalue weighted by atomic mass is 32.1. The molecule has 0 radical (unpaired) electrons. The number of hydrogen-bond donors (Lipinski definition) is 3. The largest absolute Gasteiger partial charge is 0.354 e. The van der Waals surface area contributed by atoms with E-state index in [0.717, 1.165) is 11.4 Å². The number of anilines is 1. The van der Waals surface area contributed by atoms with Crippen LogP contribution in [0.15, 0.2) is 60.7 Å². The molecule has 0 aliphatic rings. The van der Waals surface area contributed by atoms with E-state index in [9.17, 15) is 0 Å². The highest BCUT2D eigenvalue weighted by molar-refractivity contribution is 7.80.